The minimum absolute atomic E-state index is 0.0543. The molecule has 1 fully saturated rings. The van der Waals surface area contributed by atoms with Gasteiger partial charge in [-0.15, -0.1) is 0 Å². The minimum atomic E-state index is -4.40. The highest BCUT2D eigenvalue weighted by Gasteiger charge is 2.31. The predicted molar refractivity (Wildman–Crippen MR) is 104 cm³/mol. The van der Waals surface area contributed by atoms with Crippen molar-refractivity contribution in [1.82, 2.24) is 9.88 Å². The Morgan fingerprint density at radius 2 is 1.72 bits per heavy atom. The van der Waals surface area contributed by atoms with Gasteiger partial charge in [0.1, 0.15) is 5.82 Å². The van der Waals surface area contributed by atoms with Gasteiger partial charge in [-0.05, 0) is 43.7 Å². The number of benzene rings is 1. The van der Waals surface area contributed by atoms with Crippen molar-refractivity contribution in [3.05, 3.63) is 59.3 Å². The fraction of sp³-hybridized carbons (Fsp3) is 0.429. The minimum Gasteiger partial charge on any atom is -0.374 e. The van der Waals surface area contributed by atoms with Gasteiger partial charge in [-0.25, -0.2) is 4.98 Å². The number of amides is 1. The summed E-state index contributed by atoms with van der Waals surface area (Å²) in [5.74, 6) is 0.431. The quantitative estimate of drug-likeness (QED) is 0.752. The molecule has 3 rings (SSSR count). The molecule has 156 valence electrons. The molecule has 2 heterocycles. The van der Waals surface area contributed by atoms with Crippen LogP contribution in [0.15, 0.2) is 42.6 Å². The fourth-order valence-corrected chi connectivity index (χ4v) is 3.07. The molecule has 0 unspecified atom stereocenters. The molecule has 0 atom stereocenters. The van der Waals surface area contributed by atoms with E-state index < -0.39 is 11.7 Å². The van der Waals surface area contributed by atoms with Crippen molar-refractivity contribution in [1.29, 1.82) is 0 Å². The standard InChI is InChI=1S/C21H24F3N3O2/c1-15(2)29-14-16-3-5-17(6-4-16)20(28)27-11-9-26(10-12-27)19-8-7-18(13-25-19)21(22,23)24/h3-8,13,15H,9-12,14H2,1-2H3. The molecule has 1 aliphatic rings. The molecule has 0 radical (unpaired) electrons. The largest absolute Gasteiger partial charge is 0.417 e. The molecular formula is C21H24F3N3O2. The second kappa shape index (κ2) is 8.82. The average molecular weight is 407 g/mol. The van der Waals surface area contributed by atoms with Crippen molar-refractivity contribution in [2.45, 2.75) is 32.7 Å². The number of anilines is 1. The summed E-state index contributed by atoms with van der Waals surface area (Å²) in [5, 5.41) is 0. The number of piperazine rings is 1. The van der Waals surface area contributed by atoms with Crippen LogP contribution in [0.25, 0.3) is 0 Å². The van der Waals surface area contributed by atoms with Gasteiger partial charge in [-0.1, -0.05) is 12.1 Å². The summed E-state index contributed by atoms with van der Waals surface area (Å²) in [6.45, 7) is 6.45. The number of ether oxygens (including phenoxy) is 1. The Hall–Kier alpha value is -2.61. The number of aromatic nitrogens is 1. The van der Waals surface area contributed by atoms with Crippen LogP contribution in [0.1, 0.15) is 35.3 Å². The molecule has 1 aromatic heterocycles. The first-order valence-corrected chi connectivity index (χ1v) is 9.52. The fourth-order valence-electron chi connectivity index (χ4n) is 3.07. The normalized spacial score (nSPS) is 15.1. The van der Waals surface area contributed by atoms with Crippen LogP contribution < -0.4 is 4.90 Å². The molecule has 1 amide bonds. The summed E-state index contributed by atoms with van der Waals surface area (Å²) < 4.78 is 43.5. The lowest BCUT2D eigenvalue weighted by Gasteiger charge is -2.35. The second-order valence-electron chi connectivity index (χ2n) is 7.24. The summed E-state index contributed by atoms with van der Waals surface area (Å²) in [6.07, 6.45) is -3.41. The lowest BCUT2D eigenvalue weighted by molar-refractivity contribution is -0.137. The van der Waals surface area contributed by atoms with Gasteiger partial charge in [0.25, 0.3) is 5.91 Å². The Bertz CT molecular complexity index is 813. The Kier molecular flexibility index (Phi) is 6.42. The molecule has 0 spiro atoms. The zero-order valence-electron chi connectivity index (χ0n) is 16.4. The van der Waals surface area contributed by atoms with Crippen molar-refractivity contribution in [2.24, 2.45) is 0 Å². The average Bonchev–Trinajstić information content (AvgIpc) is 2.72. The zero-order chi connectivity index (χ0) is 21.0. The van der Waals surface area contributed by atoms with Crippen LogP contribution in [0.5, 0.6) is 0 Å². The Morgan fingerprint density at radius 3 is 2.24 bits per heavy atom. The molecule has 5 nitrogen and oxygen atoms in total. The van der Waals surface area contributed by atoms with E-state index in [1.54, 1.807) is 17.0 Å². The second-order valence-corrected chi connectivity index (χ2v) is 7.24. The van der Waals surface area contributed by atoms with Gasteiger partial charge in [0.15, 0.2) is 0 Å². The van der Waals surface area contributed by atoms with Crippen molar-refractivity contribution in [3.63, 3.8) is 0 Å². The number of hydrogen-bond donors (Lipinski definition) is 0. The van der Waals surface area contributed by atoms with Crippen LogP contribution in [0.2, 0.25) is 0 Å². The van der Waals surface area contributed by atoms with Crippen molar-refractivity contribution < 1.29 is 22.7 Å². The first kappa shape index (κ1) is 21.1. The third-order valence-electron chi connectivity index (χ3n) is 4.75. The number of pyridine rings is 1. The molecule has 0 saturated carbocycles. The topological polar surface area (TPSA) is 45.7 Å². The third-order valence-corrected chi connectivity index (χ3v) is 4.75. The molecule has 0 N–H and O–H groups in total. The molecule has 1 aliphatic heterocycles. The molecule has 8 heteroatoms. The zero-order valence-corrected chi connectivity index (χ0v) is 16.4. The van der Waals surface area contributed by atoms with Gasteiger partial charge >= 0.3 is 6.18 Å². The first-order valence-electron chi connectivity index (χ1n) is 9.52. The molecular weight excluding hydrogens is 383 g/mol. The molecule has 0 bridgehead atoms. The SMILES string of the molecule is CC(C)OCc1ccc(C(=O)N2CCN(c3ccc(C(F)(F)F)cn3)CC2)cc1. The molecule has 29 heavy (non-hydrogen) atoms. The van der Waals surface area contributed by atoms with Crippen LogP contribution in [-0.2, 0) is 17.5 Å². The number of carbonyl (C=O) groups is 1. The lowest BCUT2D eigenvalue weighted by atomic mass is 10.1. The lowest BCUT2D eigenvalue weighted by Crippen LogP contribution is -2.49. The maximum absolute atomic E-state index is 12.7. The van der Waals surface area contributed by atoms with E-state index in [1.165, 1.54) is 6.07 Å². The Balaban J connectivity index is 1.55. The summed E-state index contributed by atoms with van der Waals surface area (Å²) in [4.78, 5) is 20.3. The highest BCUT2D eigenvalue weighted by Crippen LogP contribution is 2.29. The van der Waals surface area contributed by atoms with Gasteiger partial charge < -0.3 is 14.5 Å². The van der Waals surface area contributed by atoms with E-state index in [2.05, 4.69) is 4.98 Å². The van der Waals surface area contributed by atoms with E-state index in [4.69, 9.17) is 4.74 Å². The van der Waals surface area contributed by atoms with Crippen LogP contribution in [0, 0.1) is 0 Å². The van der Waals surface area contributed by atoms with E-state index in [9.17, 15) is 18.0 Å². The molecule has 0 aliphatic carbocycles. The van der Waals surface area contributed by atoms with E-state index >= 15 is 0 Å². The number of alkyl halides is 3. The molecule has 2 aromatic rings. The maximum atomic E-state index is 12.7. The summed E-state index contributed by atoms with van der Waals surface area (Å²) >= 11 is 0. The van der Waals surface area contributed by atoms with Crippen molar-refractivity contribution in [2.75, 3.05) is 31.1 Å². The number of halogens is 3. The van der Waals surface area contributed by atoms with Crippen molar-refractivity contribution >= 4 is 11.7 Å². The van der Waals surface area contributed by atoms with E-state index in [-0.39, 0.29) is 12.0 Å². The number of rotatable bonds is 5. The summed E-state index contributed by atoms with van der Waals surface area (Å²) in [5.41, 5.74) is 0.852. The van der Waals surface area contributed by atoms with Crippen LogP contribution in [0.4, 0.5) is 19.0 Å². The van der Waals surface area contributed by atoms with Crippen LogP contribution in [-0.4, -0.2) is 48.1 Å². The van der Waals surface area contributed by atoms with Gasteiger partial charge in [0.2, 0.25) is 0 Å². The predicted octanol–water partition coefficient (Wildman–Crippen LogP) is 3.99. The van der Waals surface area contributed by atoms with Gasteiger partial charge in [-0.3, -0.25) is 4.79 Å². The van der Waals surface area contributed by atoms with Crippen LogP contribution in [0.3, 0.4) is 0 Å². The Morgan fingerprint density at radius 1 is 1.07 bits per heavy atom. The van der Waals surface area contributed by atoms with E-state index in [0.717, 1.165) is 17.8 Å². The number of carbonyl (C=O) groups excluding carboxylic acids is 1. The number of hydrogen-bond acceptors (Lipinski definition) is 4. The van der Waals surface area contributed by atoms with Crippen LogP contribution >= 0.6 is 0 Å². The van der Waals surface area contributed by atoms with E-state index in [1.807, 2.05) is 30.9 Å². The third kappa shape index (κ3) is 5.47. The molecule has 1 aromatic carbocycles. The van der Waals surface area contributed by atoms with Gasteiger partial charge in [0.05, 0.1) is 18.3 Å². The van der Waals surface area contributed by atoms with E-state index in [0.29, 0.717) is 44.2 Å². The monoisotopic (exact) mass is 407 g/mol. The Labute approximate surface area is 168 Å². The first-order chi connectivity index (χ1) is 13.7. The van der Waals surface area contributed by atoms with Gasteiger partial charge in [-0.2, -0.15) is 13.2 Å². The smallest absolute Gasteiger partial charge is 0.374 e. The van der Waals surface area contributed by atoms with Gasteiger partial charge in [0, 0.05) is 37.9 Å². The molecule has 1 saturated heterocycles. The van der Waals surface area contributed by atoms with Crippen molar-refractivity contribution in [3.8, 4) is 0 Å². The highest BCUT2D eigenvalue weighted by molar-refractivity contribution is 5.94. The number of nitrogens with zero attached hydrogens (tertiary/aromatic N) is 3. The summed E-state index contributed by atoms with van der Waals surface area (Å²) in [6, 6.07) is 9.77. The highest BCUT2D eigenvalue weighted by atomic mass is 19.4. The summed E-state index contributed by atoms with van der Waals surface area (Å²) in [7, 11) is 0. The maximum Gasteiger partial charge on any atom is 0.417 e.